The summed E-state index contributed by atoms with van der Waals surface area (Å²) in [4.78, 5) is 3.67. The largest absolute Gasteiger partial charge is 0.486 e. The Morgan fingerprint density at radius 3 is 2.45 bits per heavy atom. The van der Waals surface area contributed by atoms with E-state index in [4.69, 9.17) is 39.5 Å². The van der Waals surface area contributed by atoms with Gasteiger partial charge in [0.15, 0.2) is 5.75 Å². The number of rotatable bonds is 6. The zero-order valence-electron chi connectivity index (χ0n) is 15.4. The van der Waals surface area contributed by atoms with Crippen molar-refractivity contribution in [1.29, 1.82) is 0 Å². The highest BCUT2D eigenvalue weighted by atomic mass is 79.9. The third-order valence-electron chi connectivity index (χ3n) is 3.89. The van der Waals surface area contributed by atoms with Crippen molar-refractivity contribution in [2.24, 2.45) is 5.10 Å². The molecule has 0 fully saturated rings. The third kappa shape index (κ3) is 6.49. The van der Waals surface area contributed by atoms with Crippen molar-refractivity contribution in [3.8, 4) is 5.75 Å². The van der Waals surface area contributed by atoms with Gasteiger partial charge in [0.05, 0.1) is 21.3 Å². The number of halogens is 7. The van der Waals surface area contributed by atoms with Crippen LogP contribution >= 0.6 is 50.7 Å². The number of benzene rings is 2. The second kappa shape index (κ2) is 10.1. The summed E-state index contributed by atoms with van der Waals surface area (Å²) in [6, 6.07) is 10.5. The van der Waals surface area contributed by atoms with E-state index < -0.39 is 11.7 Å². The molecule has 1 heterocycles. The monoisotopic (exact) mass is 551 g/mol. The van der Waals surface area contributed by atoms with E-state index in [9.17, 15) is 13.2 Å². The van der Waals surface area contributed by atoms with Crippen molar-refractivity contribution >= 4 is 62.8 Å². The van der Waals surface area contributed by atoms with Crippen molar-refractivity contribution in [3.05, 3.63) is 84.9 Å². The molecule has 3 rings (SSSR count). The molecule has 0 unspecified atom stereocenters. The lowest BCUT2D eigenvalue weighted by molar-refractivity contribution is -0.137. The summed E-state index contributed by atoms with van der Waals surface area (Å²) in [5, 5.41) is 5.29. The van der Waals surface area contributed by atoms with Gasteiger partial charge in [-0.1, -0.05) is 40.9 Å². The summed E-state index contributed by atoms with van der Waals surface area (Å²) in [7, 11) is 0. The van der Waals surface area contributed by atoms with Gasteiger partial charge in [-0.15, -0.1) is 0 Å². The van der Waals surface area contributed by atoms with E-state index in [0.717, 1.165) is 17.8 Å². The van der Waals surface area contributed by atoms with Crippen LogP contribution in [-0.4, -0.2) is 11.2 Å². The number of hydrazone groups is 1. The van der Waals surface area contributed by atoms with Crippen LogP contribution in [0, 0.1) is 0 Å². The molecule has 0 aliphatic rings. The number of pyridine rings is 1. The summed E-state index contributed by atoms with van der Waals surface area (Å²) < 4.78 is 44.0. The molecule has 1 aromatic heterocycles. The Balaban J connectivity index is 1.65. The molecule has 1 N–H and O–H groups in total. The van der Waals surface area contributed by atoms with Gasteiger partial charge in [0.1, 0.15) is 12.4 Å². The maximum absolute atomic E-state index is 12.6. The van der Waals surface area contributed by atoms with E-state index in [0.29, 0.717) is 30.9 Å². The molecule has 0 saturated carbocycles. The molecule has 0 bridgehead atoms. The lowest BCUT2D eigenvalue weighted by Gasteiger charge is -2.12. The molecule has 0 aliphatic carbocycles. The van der Waals surface area contributed by atoms with Gasteiger partial charge in [-0.2, -0.15) is 18.3 Å². The van der Waals surface area contributed by atoms with Gasteiger partial charge in [-0.25, -0.2) is 4.98 Å². The van der Waals surface area contributed by atoms with Crippen LogP contribution in [0.2, 0.25) is 15.1 Å². The molecule has 0 atom stereocenters. The Morgan fingerprint density at radius 1 is 1.06 bits per heavy atom. The first-order valence-corrected chi connectivity index (χ1v) is 10.4. The Morgan fingerprint density at radius 2 is 1.84 bits per heavy atom. The standard InChI is InChI=1S/C20H12BrCl3F3N3O/c21-15-5-11(8-29-30-18-4-2-13(9-28-18)20(25,26)27)6-17(24)19(15)31-10-12-1-3-14(22)7-16(12)23/h1-9H,10H2,(H,28,30)/b29-8-. The lowest BCUT2D eigenvalue weighted by atomic mass is 10.2. The first-order valence-electron chi connectivity index (χ1n) is 8.51. The van der Waals surface area contributed by atoms with E-state index >= 15 is 0 Å². The van der Waals surface area contributed by atoms with Crippen LogP contribution in [0.25, 0.3) is 0 Å². The molecular formula is C20H12BrCl3F3N3O. The summed E-state index contributed by atoms with van der Waals surface area (Å²) in [5.41, 5.74) is 3.08. The molecule has 11 heteroatoms. The van der Waals surface area contributed by atoms with Gasteiger partial charge in [0, 0.05) is 21.8 Å². The highest BCUT2D eigenvalue weighted by Gasteiger charge is 2.30. The van der Waals surface area contributed by atoms with Crippen LogP contribution in [0.15, 0.2) is 58.2 Å². The Labute approximate surface area is 199 Å². The summed E-state index contributed by atoms with van der Waals surface area (Å²) in [5.74, 6) is 0.580. The number of hydrogen-bond donors (Lipinski definition) is 1. The summed E-state index contributed by atoms with van der Waals surface area (Å²) in [6.45, 7) is 0.183. The predicted molar refractivity (Wildman–Crippen MR) is 120 cm³/mol. The molecule has 0 aliphatic heterocycles. The fourth-order valence-corrected chi connectivity index (χ4v) is 3.83. The molecule has 0 spiro atoms. The van der Waals surface area contributed by atoms with Crippen LogP contribution in [0.4, 0.5) is 19.0 Å². The van der Waals surface area contributed by atoms with E-state index in [-0.39, 0.29) is 12.4 Å². The molecule has 2 aromatic carbocycles. The predicted octanol–water partition coefficient (Wildman–Crippen LogP) is 7.85. The maximum atomic E-state index is 12.6. The molecule has 162 valence electrons. The number of nitrogens with zero attached hydrogens (tertiary/aromatic N) is 2. The second-order valence-corrected chi connectivity index (χ2v) is 8.24. The highest BCUT2D eigenvalue weighted by molar-refractivity contribution is 9.10. The number of ether oxygens (including phenoxy) is 1. The van der Waals surface area contributed by atoms with Gasteiger partial charge in [0.2, 0.25) is 0 Å². The summed E-state index contributed by atoms with van der Waals surface area (Å²) >= 11 is 21.7. The number of aromatic nitrogens is 1. The van der Waals surface area contributed by atoms with Crippen LogP contribution in [0.3, 0.4) is 0 Å². The number of alkyl halides is 3. The van der Waals surface area contributed by atoms with Crippen molar-refractivity contribution in [2.75, 3.05) is 5.43 Å². The molecule has 3 aromatic rings. The van der Waals surface area contributed by atoms with Gasteiger partial charge < -0.3 is 4.74 Å². The van der Waals surface area contributed by atoms with E-state index in [1.165, 1.54) is 12.3 Å². The average molecular weight is 554 g/mol. The lowest BCUT2D eigenvalue weighted by Crippen LogP contribution is -2.05. The number of anilines is 1. The van der Waals surface area contributed by atoms with Crippen LogP contribution in [0.1, 0.15) is 16.7 Å². The first kappa shape index (κ1) is 23.7. The minimum absolute atomic E-state index is 0.161. The Hall–Kier alpha value is -2.00. The highest BCUT2D eigenvalue weighted by Crippen LogP contribution is 2.35. The zero-order valence-corrected chi connectivity index (χ0v) is 19.2. The van der Waals surface area contributed by atoms with Crippen molar-refractivity contribution < 1.29 is 17.9 Å². The zero-order chi connectivity index (χ0) is 22.6. The quantitative estimate of drug-likeness (QED) is 0.250. The van der Waals surface area contributed by atoms with Crippen molar-refractivity contribution in [2.45, 2.75) is 12.8 Å². The van der Waals surface area contributed by atoms with Crippen LogP contribution in [0.5, 0.6) is 5.75 Å². The van der Waals surface area contributed by atoms with E-state index in [1.54, 1.807) is 30.3 Å². The molecule has 0 amide bonds. The van der Waals surface area contributed by atoms with Crippen LogP contribution in [-0.2, 0) is 12.8 Å². The number of nitrogens with one attached hydrogen (secondary N) is 1. The first-order chi connectivity index (χ1) is 14.6. The molecular weight excluding hydrogens is 541 g/mol. The average Bonchev–Trinajstić information content (AvgIpc) is 2.68. The topological polar surface area (TPSA) is 46.5 Å². The van der Waals surface area contributed by atoms with Gasteiger partial charge >= 0.3 is 6.18 Å². The second-order valence-electron chi connectivity index (χ2n) is 6.14. The SMILES string of the molecule is FC(F)(F)c1ccc(N/N=C\c2cc(Cl)c(OCc3ccc(Cl)cc3Cl)c(Br)c2)nc1. The normalized spacial score (nSPS) is 11.7. The fourth-order valence-electron chi connectivity index (χ4n) is 2.38. The van der Waals surface area contributed by atoms with Gasteiger partial charge in [-0.05, 0) is 57.9 Å². The van der Waals surface area contributed by atoms with Gasteiger partial charge in [-0.3, -0.25) is 5.43 Å². The van der Waals surface area contributed by atoms with Crippen LogP contribution < -0.4 is 10.2 Å². The molecule has 0 radical (unpaired) electrons. The minimum Gasteiger partial charge on any atom is -0.486 e. The third-order valence-corrected chi connectivity index (χ3v) is 5.35. The van der Waals surface area contributed by atoms with Crippen molar-refractivity contribution in [1.82, 2.24) is 4.98 Å². The summed E-state index contributed by atoms with van der Waals surface area (Å²) in [6.07, 6.45) is -2.28. The minimum atomic E-state index is -4.44. The molecule has 0 saturated heterocycles. The van der Waals surface area contributed by atoms with E-state index in [1.807, 2.05) is 0 Å². The Bertz CT molecular complexity index is 1090. The molecule has 31 heavy (non-hydrogen) atoms. The fraction of sp³-hybridized carbons (Fsp3) is 0.100. The maximum Gasteiger partial charge on any atom is 0.417 e. The van der Waals surface area contributed by atoms with Gasteiger partial charge in [0.25, 0.3) is 0 Å². The Kier molecular flexibility index (Phi) is 7.69. The van der Waals surface area contributed by atoms with Crippen molar-refractivity contribution in [3.63, 3.8) is 0 Å². The smallest absolute Gasteiger partial charge is 0.417 e. The molecule has 4 nitrogen and oxygen atoms in total. The number of hydrogen-bond acceptors (Lipinski definition) is 4. The van der Waals surface area contributed by atoms with E-state index in [2.05, 4.69) is 31.4 Å².